The molecular formula is C15H26N2O3. The van der Waals surface area contributed by atoms with Crippen LogP contribution in [0.1, 0.15) is 45.2 Å². The highest BCUT2D eigenvalue weighted by molar-refractivity contribution is 5.04. The van der Waals surface area contributed by atoms with Gasteiger partial charge in [0.05, 0.1) is 17.9 Å². The summed E-state index contributed by atoms with van der Waals surface area (Å²) < 4.78 is 10.6. The second-order valence-corrected chi connectivity index (χ2v) is 6.83. The van der Waals surface area contributed by atoms with Crippen molar-refractivity contribution in [1.82, 2.24) is 9.88 Å². The van der Waals surface area contributed by atoms with Gasteiger partial charge in [0.2, 0.25) is 0 Å². The van der Waals surface area contributed by atoms with Crippen molar-refractivity contribution in [2.24, 2.45) is 0 Å². The van der Waals surface area contributed by atoms with E-state index in [2.05, 4.69) is 30.7 Å². The van der Waals surface area contributed by atoms with Gasteiger partial charge in [-0.2, -0.15) is 0 Å². The molecule has 1 saturated heterocycles. The normalized spacial score (nSPS) is 20.2. The predicted molar refractivity (Wildman–Crippen MR) is 76.5 cm³/mol. The number of aliphatic hydroxyl groups is 1. The number of methoxy groups -OCH3 is 1. The maximum absolute atomic E-state index is 10.3. The molecular weight excluding hydrogens is 256 g/mol. The Morgan fingerprint density at radius 2 is 2.05 bits per heavy atom. The van der Waals surface area contributed by atoms with Crippen LogP contribution in [0.3, 0.4) is 0 Å². The standard InChI is InChI=1S/C15H26N2O3/c1-14(2,3)13-16-12(10-20-13)9-17-7-5-15(18,6-8-17)11-19-4/h10,18H,5-9,11H2,1-4H3. The molecule has 0 unspecified atom stereocenters. The van der Waals surface area contributed by atoms with Crippen LogP contribution in [0.5, 0.6) is 0 Å². The third kappa shape index (κ3) is 3.81. The van der Waals surface area contributed by atoms with Gasteiger partial charge in [-0.3, -0.25) is 4.90 Å². The van der Waals surface area contributed by atoms with Crippen LogP contribution < -0.4 is 0 Å². The van der Waals surface area contributed by atoms with Gasteiger partial charge >= 0.3 is 0 Å². The van der Waals surface area contributed by atoms with E-state index < -0.39 is 5.60 Å². The molecule has 1 aromatic heterocycles. The third-order valence-electron chi connectivity index (χ3n) is 3.78. The Balaban J connectivity index is 1.88. The highest BCUT2D eigenvalue weighted by Crippen LogP contribution is 2.25. The van der Waals surface area contributed by atoms with Crippen molar-refractivity contribution >= 4 is 0 Å². The van der Waals surface area contributed by atoms with Crippen molar-refractivity contribution in [2.75, 3.05) is 26.8 Å². The van der Waals surface area contributed by atoms with Gasteiger partial charge in [-0.25, -0.2) is 4.98 Å². The Morgan fingerprint density at radius 3 is 2.55 bits per heavy atom. The van der Waals surface area contributed by atoms with Gasteiger partial charge in [0, 0.05) is 32.2 Å². The summed E-state index contributed by atoms with van der Waals surface area (Å²) in [5, 5.41) is 10.3. The maximum Gasteiger partial charge on any atom is 0.199 e. The first-order valence-corrected chi connectivity index (χ1v) is 7.21. The monoisotopic (exact) mass is 282 g/mol. The molecule has 1 aromatic rings. The zero-order valence-corrected chi connectivity index (χ0v) is 13.0. The second-order valence-electron chi connectivity index (χ2n) is 6.83. The lowest BCUT2D eigenvalue weighted by Crippen LogP contribution is -2.46. The van der Waals surface area contributed by atoms with Crippen molar-refractivity contribution in [3.63, 3.8) is 0 Å². The van der Waals surface area contributed by atoms with E-state index in [4.69, 9.17) is 9.15 Å². The number of likely N-dealkylation sites (tertiary alicyclic amines) is 1. The largest absolute Gasteiger partial charge is 0.448 e. The lowest BCUT2D eigenvalue weighted by molar-refractivity contribution is -0.0720. The smallest absolute Gasteiger partial charge is 0.199 e. The SMILES string of the molecule is COCC1(O)CCN(Cc2coc(C(C)(C)C)n2)CC1. The van der Waals surface area contributed by atoms with Gasteiger partial charge in [-0.05, 0) is 12.8 Å². The number of ether oxygens (including phenoxy) is 1. The number of piperidine rings is 1. The van der Waals surface area contributed by atoms with E-state index in [-0.39, 0.29) is 5.41 Å². The van der Waals surface area contributed by atoms with Crippen LogP contribution in [-0.4, -0.2) is 47.4 Å². The van der Waals surface area contributed by atoms with E-state index in [1.807, 2.05) is 0 Å². The van der Waals surface area contributed by atoms with Gasteiger partial charge in [0.25, 0.3) is 0 Å². The molecule has 1 aliphatic heterocycles. The van der Waals surface area contributed by atoms with Crippen LogP contribution in [0.2, 0.25) is 0 Å². The molecule has 20 heavy (non-hydrogen) atoms. The first-order chi connectivity index (χ1) is 9.32. The fraction of sp³-hybridized carbons (Fsp3) is 0.800. The minimum atomic E-state index is -0.661. The fourth-order valence-corrected chi connectivity index (χ4v) is 2.49. The first kappa shape index (κ1) is 15.5. The Kier molecular flexibility index (Phi) is 4.52. The lowest BCUT2D eigenvalue weighted by Gasteiger charge is -2.37. The number of rotatable bonds is 4. The average Bonchev–Trinajstić information content (AvgIpc) is 2.81. The van der Waals surface area contributed by atoms with E-state index in [9.17, 15) is 5.11 Å². The molecule has 5 heteroatoms. The Hall–Kier alpha value is -0.910. The van der Waals surface area contributed by atoms with Gasteiger partial charge in [0.1, 0.15) is 6.26 Å². The molecule has 0 atom stereocenters. The lowest BCUT2D eigenvalue weighted by atomic mass is 9.92. The van der Waals surface area contributed by atoms with Crippen molar-refractivity contribution in [1.29, 1.82) is 0 Å². The molecule has 114 valence electrons. The van der Waals surface area contributed by atoms with Crippen LogP contribution in [0, 0.1) is 0 Å². The molecule has 0 aliphatic carbocycles. The molecule has 0 amide bonds. The molecule has 0 bridgehead atoms. The topological polar surface area (TPSA) is 58.7 Å². The van der Waals surface area contributed by atoms with E-state index in [1.54, 1.807) is 13.4 Å². The van der Waals surface area contributed by atoms with Crippen molar-refractivity contribution in [3.8, 4) is 0 Å². The zero-order chi connectivity index (χ0) is 14.8. The zero-order valence-electron chi connectivity index (χ0n) is 13.0. The highest BCUT2D eigenvalue weighted by atomic mass is 16.5. The molecule has 2 heterocycles. The summed E-state index contributed by atoms with van der Waals surface area (Å²) in [4.78, 5) is 6.85. The van der Waals surface area contributed by atoms with Crippen LogP contribution in [0.25, 0.3) is 0 Å². The van der Waals surface area contributed by atoms with Gasteiger partial charge in [-0.1, -0.05) is 20.8 Å². The van der Waals surface area contributed by atoms with Crippen molar-refractivity contribution in [2.45, 2.75) is 51.2 Å². The quantitative estimate of drug-likeness (QED) is 0.914. The van der Waals surface area contributed by atoms with E-state index in [1.165, 1.54) is 0 Å². The molecule has 0 saturated carbocycles. The van der Waals surface area contributed by atoms with Crippen LogP contribution >= 0.6 is 0 Å². The van der Waals surface area contributed by atoms with Crippen molar-refractivity contribution in [3.05, 3.63) is 17.8 Å². The Morgan fingerprint density at radius 1 is 1.40 bits per heavy atom. The Bertz CT molecular complexity index is 429. The van der Waals surface area contributed by atoms with Crippen molar-refractivity contribution < 1.29 is 14.3 Å². The first-order valence-electron chi connectivity index (χ1n) is 7.21. The minimum absolute atomic E-state index is 0.0567. The molecule has 1 aliphatic rings. The summed E-state index contributed by atoms with van der Waals surface area (Å²) in [7, 11) is 1.63. The number of hydrogen-bond donors (Lipinski definition) is 1. The summed E-state index contributed by atoms with van der Waals surface area (Å²) in [6, 6.07) is 0. The molecule has 0 spiro atoms. The number of hydrogen-bond acceptors (Lipinski definition) is 5. The Labute approximate surface area is 120 Å². The molecule has 1 N–H and O–H groups in total. The predicted octanol–water partition coefficient (Wildman–Crippen LogP) is 1.95. The maximum atomic E-state index is 10.3. The van der Waals surface area contributed by atoms with E-state index in [0.29, 0.717) is 6.61 Å². The summed E-state index contributed by atoms with van der Waals surface area (Å²) in [6.07, 6.45) is 3.23. The van der Waals surface area contributed by atoms with E-state index >= 15 is 0 Å². The van der Waals surface area contributed by atoms with Crippen LogP contribution in [0.4, 0.5) is 0 Å². The summed E-state index contributed by atoms with van der Waals surface area (Å²) in [5.74, 6) is 0.778. The molecule has 0 radical (unpaired) electrons. The van der Waals surface area contributed by atoms with Gasteiger partial charge in [0.15, 0.2) is 5.89 Å². The minimum Gasteiger partial charge on any atom is -0.448 e. The molecule has 1 fully saturated rings. The average molecular weight is 282 g/mol. The van der Waals surface area contributed by atoms with Crippen LogP contribution in [0.15, 0.2) is 10.7 Å². The van der Waals surface area contributed by atoms with Gasteiger partial charge < -0.3 is 14.3 Å². The fourth-order valence-electron chi connectivity index (χ4n) is 2.49. The third-order valence-corrected chi connectivity index (χ3v) is 3.78. The van der Waals surface area contributed by atoms with Crippen LogP contribution in [-0.2, 0) is 16.7 Å². The summed E-state index contributed by atoms with van der Waals surface area (Å²) in [5.41, 5.74) is 0.247. The molecule has 0 aromatic carbocycles. The molecule has 2 rings (SSSR count). The van der Waals surface area contributed by atoms with Gasteiger partial charge in [-0.15, -0.1) is 0 Å². The number of nitrogens with zero attached hydrogens (tertiary/aromatic N) is 2. The number of aromatic nitrogens is 1. The summed E-state index contributed by atoms with van der Waals surface area (Å²) >= 11 is 0. The number of oxazole rings is 1. The second kappa shape index (κ2) is 5.84. The highest BCUT2D eigenvalue weighted by Gasteiger charge is 2.32. The molecule has 5 nitrogen and oxygen atoms in total. The summed E-state index contributed by atoms with van der Waals surface area (Å²) in [6.45, 7) is 9.19. The van der Waals surface area contributed by atoms with E-state index in [0.717, 1.165) is 44.1 Å².